The van der Waals surface area contributed by atoms with Crippen molar-refractivity contribution in [1.82, 2.24) is 24.8 Å². The second-order valence-electron chi connectivity index (χ2n) is 12.2. The molecule has 1 spiro atoms. The molecule has 2 amide bonds. The van der Waals surface area contributed by atoms with Crippen molar-refractivity contribution in [3.8, 4) is 0 Å². The summed E-state index contributed by atoms with van der Waals surface area (Å²) >= 11 is 1.66. The number of ether oxygens (including phenoxy) is 1. The van der Waals surface area contributed by atoms with Crippen molar-refractivity contribution >= 4 is 40.6 Å². The lowest BCUT2D eigenvalue weighted by atomic mass is 9.66. The minimum atomic E-state index is -0.722. The molecule has 11 heteroatoms. The number of aliphatic hydroxyl groups excluding tert-OH is 1. The predicted octanol–water partition coefficient (Wildman–Crippen LogP) is 4.19. The summed E-state index contributed by atoms with van der Waals surface area (Å²) < 4.78 is 6.74. The molecule has 44 heavy (non-hydrogen) atoms. The maximum absolute atomic E-state index is 14.8. The van der Waals surface area contributed by atoms with Gasteiger partial charge in [0.05, 0.1) is 28.7 Å². The molecular formula is C33H45N5O5S. The number of unbranched alkanes of at least 4 members (excludes halogenated alkanes) is 5. The van der Waals surface area contributed by atoms with Gasteiger partial charge >= 0.3 is 5.97 Å². The Hall–Kier alpha value is -3.18. The number of thioether (sulfide) groups is 1. The Balaban J connectivity index is 1.44. The maximum atomic E-state index is 14.8. The van der Waals surface area contributed by atoms with E-state index >= 15 is 0 Å². The Kier molecular flexibility index (Phi) is 10.5. The number of hydrogen-bond acceptors (Lipinski definition) is 8. The lowest BCUT2D eigenvalue weighted by molar-refractivity contribution is -0.154. The Morgan fingerprint density at radius 2 is 1.95 bits per heavy atom. The highest BCUT2D eigenvalue weighted by molar-refractivity contribution is 8.02. The van der Waals surface area contributed by atoms with Crippen LogP contribution in [0.15, 0.2) is 49.6 Å². The van der Waals surface area contributed by atoms with E-state index in [2.05, 4.69) is 30.4 Å². The molecule has 6 atom stereocenters. The number of para-hydroxylation sites is 1. The van der Waals surface area contributed by atoms with E-state index < -0.39 is 22.6 Å². The third-order valence-corrected chi connectivity index (χ3v) is 11.6. The number of carbonyl (C=O) groups excluding carboxylic acids is 3. The maximum Gasteiger partial charge on any atom is 0.310 e. The highest BCUT2D eigenvalue weighted by atomic mass is 32.2. The molecule has 1 aromatic heterocycles. The molecule has 3 aliphatic heterocycles. The molecule has 2 aromatic rings. The van der Waals surface area contributed by atoms with Crippen LogP contribution in [0.5, 0.6) is 0 Å². The quantitative estimate of drug-likeness (QED) is 0.158. The van der Waals surface area contributed by atoms with Crippen molar-refractivity contribution in [2.75, 3.05) is 26.3 Å². The molecule has 1 aromatic carbocycles. The molecule has 5 rings (SSSR count). The molecule has 0 radical (unpaired) electrons. The zero-order valence-corrected chi connectivity index (χ0v) is 26.5. The number of nitrogens with zero attached hydrogens (tertiary/aromatic N) is 5. The fraction of sp³-hybridized carbons (Fsp3) is 0.606. The van der Waals surface area contributed by atoms with Gasteiger partial charge in [-0.25, -0.2) is 4.68 Å². The van der Waals surface area contributed by atoms with Gasteiger partial charge in [0.1, 0.15) is 18.2 Å². The first-order chi connectivity index (χ1) is 21.4. The molecule has 0 saturated carbocycles. The molecule has 4 heterocycles. The van der Waals surface area contributed by atoms with E-state index in [1.807, 2.05) is 30.3 Å². The summed E-state index contributed by atoms with van der Waals surface area (Å²) in [7, 11) is 0. The standard InChI is InChI=1S/C33H45N5O5S/c1-4-6-7-14-20-43-32(42)27-26-21-23(3)33(44-26)28(27)30(40)37(18-12-8-9-13-19-39)29(33)31(41)36(17-5-2)22-38-25-16-11-10-15-24(25)34-35-38/h4-5,10-11,15-16,23,26-29,39H,1-2,6-9,12-14,17-22H2,3H3/t23?,26-,27+,28-,29?,33?/m0/s1. The Labute approximate surface area is 263 Å². The fourth-order valence-electron chi connectivity index (χ4n) is 7.44. The van der Waals surface area contributed by atoms with E-state index in [4.69, 9.17) is 4.74 Å². The molecule has 2 bridgehead atoms. The first-order valence-electron chi connectivity index (χ1n) is 15.9. The lowest BCUT2D eigenvalue weighted by Gasteiger charge is -2.40. The minimum Gasteiger partial charge on any atom is -0.465 e. The van der Waals surface area contributed by atoms with Gasteiger partial charge in [-0.3, -0.25) is 14.4 Å². The van der Waals surface area contributed by atoms with E-state index in [1.54, 1.807) is 32.3 Å². The van der Waals surface area contributed by atoms with Crippen LogP contribution in [0.2, 0.25) is 0 Å². The van der Waals surface area contributed by atoms with Crippen LogP contribution in [0.25, 0.3) is 11.0 Å². The monoisotopic (exact) mass is 623 g/mol. The van der Waals surface area contributed by atoms with Gasteiger partial charge in [-0.1, -0.05) is 49.3 Å². The van der Waals surface area contributed by atoms with Gasteiger partial charge in [0.15, 0.2) is 0 Å². The van der Waals surface area contributed by atoms with Gasteiger partial charge in [-0.15, -0.1) is 30.0 Å². The number of carbonyl (C=O) groups is 3. The summed E-state index contributed by atoms with van der Waals surface area (Å²) in [6.07, 6.45) is 9.92. The molecule has 10 nitrogen and oxygen atoms in total. The van der Waals surface area contributed by atoms with E-state index in [1.165, 1.54) is 0 Å². The fourth-order valence-corrected chi connectivity index (χ4v) is 9.85. The van der Waals surface area contributed by atoms with Gasteiger partial charge in [0, 0.05) is 24.9 Å². The number of aliphatic hydroxyl groups is 1. The van der Waals surface area contributed by atoms with Crippen LogP contribution in [0, 0.1) is 17.8 Å². The minimum absolute atomic E-state index is 0.0613. The summed E-state index contributed by atoms with van der Waals surface area (Å²) in [6.45, 7) is 11.1. The molecule has 3 unspecified atom stereocenters. The second-order valence-corrected chi connectivity index (χ2v) is 13.8. The van der Waals surface area contributed by atoms with Crippen LogP contribution in [0.3, 0.4) is 0 Å². The third-order valence-electron chi connectivity index (χ3n) is 9.49. The number of fused-ring (bicyclic) bond motifs is 2. The molecular weight excluding hydrogens is 578 g/mol. The molecule has 1 N–H and O–H groups in total. The number of amides is 2. The van der Waals surface area contributed by atoms with Crippen LogP contribution < -0.4 is 0 Å². The van der Waals surface area contributed by atoms with Crippen LogP contribution >= 0.6 is 11.8 Å². The Morgan fingerprint density at radius 1 is 1.16 bits per heavy atom. The Morgan fingerprint density at radius 3 is 2.73 bits per heavy atom. The van der Waals surface area contributed by atoms with Gasteiger partial charge < -0.3 is 19.6 Å². The number of allylic oxidation sites excluding steroid dienone is 1. The van der Waals surface area contributed by atoms with Gasteiger partial charge in [-0.2, -0.15) is 0 Å². The van der Waals surface area contributed by atoms with Crippen molar-refractivity contribution in [1.29, 1.82) is 0 Å². The smallest absolute Gasteiger partial charge is 0.310 e. The summed E-state index contributed by atoms with van der Waals surface area (Å²) in [6, 6.07) is 6.89. The first-order valence-corrected chi connectivity index (χ1v) is 16.8. The number of likely N-dealkylation sites (tertiary alicyclic amines) is 1. The molecule has 238 valence electrons. The topological polar surface area (TPSA) is 118 Å². The third kappa shape index (κ3) is 5.92. The number of aromatic nitrogens is 3. The van der Waals surface area contributed by atoms with E-state index in [0.29, 0.717) is 26.0 Å². The van der Waals surface area contributed by atoms with E-state index in [-0.39, 0.29) is 48.8 Å². The van der Waals surface area contributed by atoms with Crippen LogP contribution in [0.4, 0.5) is 0 Å². The van der Waals surface area contributed by atoms with Crippen LogP contribution in [-0.4, -0.2) is 90.0 Å². The number of esters is 1. The summed E-state index contributed by atoms with van der Waals surface area (Å²) in [5.41, 5.74) is 1.55. The zero-order chi connectivity index (χ0) is 31.3. The van der Waals surface area contributed by atoms with Gasteiger partial charge in [-0.05, 0) is 56.6 Å². The zero-order valence-electron chi connectivity index (χ0n) is 25.7. The predicted molar refractivity (Wildman–Crippen MR) is 170 cm³/mol. The highest BCUT2D eigenvalue weighted by Crippen LogP contribution is 2.68. The lowest BCUT2D eigenvalue weighted by Crippen LogP contribution is -2.57. The van der Waals surface area contributed by atoms with E-state index in [9.17, 15) is 19.5 Å². The Bertz CT molecular complexity index is 1370. The number of benzene rings is 1. The van der Waals surface area contributed by atoms with Crippen molar-refractivity contribution in [2.45, 2.75) is 81.0 Å². The SMILES string of the molecule is C=CCCCCOC(=O)[C@@H]1[C@@H]2CC(C)C3(S2)C(C(=O)N(CC=C)Cn2nnc4ccccc42)N(CCCCCCO)C(=O)[C@H]13. The highest BCUT2D eigenvalue weighted by Gasteiger charge is 2.76. The van der Waals surface area contributed by atoms with Crippen LogP contribution in [-0.2, 0) is 25.8 Å². The number of hydrogen-bond donors (Lipinski definition) is 1. The molecule has 3 fully saturated rings. The average Bonchev–Trinajstić information content (AvgIpc) is 3.74. The van der Waals surface area contributed by atoms with Crippen molar-refractivity contribution in [3.63, 3.8) is 0 Å². The molecule has 0 aliphatic carbocycles. The second kappa shape index (κ2) is 14.3. The van der Waals surface area contributed by atoms with Crippen molar-refractivity contribution < 1.29 is 24.2 Å². The summed E-state index contributed by atoms with van der Waals surface area (Å²) in [5, 5.41) is 17.7. The normalized spacial score (nSPS) is 27.1. The van der Waals surface area contributed by atoms with Crippen molar-refractivity contribution in [2.24, 2.45) is 17.8 Å². The number of rotatable bonds is 17. The summed E-state index contributed by atoms with van der Waals surface area (Å²) in [4.78, 5) is 46.2. The summed E-state index contributed by atoms with van der Waals surface area (Å²) in [5.74, 6) is -1.70. The van der Waals surface area contributed by atoms with Gasteiger partial charge in [0.2, 0.25) is 11.8 Å². The largest absolute Gasteiger partial charge is 0.465 e. The van der Waals surface area contributed by atoms with E-state index in [0.717, 1.165) is 49.6 Å². The van der Waals surface area contributed by atoms with Crippen molar-refractivity contribution in [3.05, 3.63) is 49.6 Å². The average molecular weight is 624 g/mol. The van der Waals surface area contributed by atoms with Gasteiger partial charge in [0.25, 0.3) is 0 Å². The molecule has 3 aliphatic rings. The van der Waals surface area contributed by atoms with Crippen LogP contribution in [0.1, 0.15) is 58.3 Å². The first kappa shape index (κ1) is 32.2. The molecule has 3 saturated heterocycles.